The summed E-state index contributed by atoms with van der Waals surface area (Å²) in [6.07, 6.45) is 2.26. The highest BCUT2D eigenvalue weighted by Crippen LogP contribution is 2.50. The van der Waals surface area contributed by atoms with Gasteiger partial charge in [0.2, 0.25) is 15.9 Å². The van der Waals surface area contributed by atoms with Crippen molar-refractivity contribution < 1.29 is 17.6 Å². The van der Waals surface area contributed by atoms with Gasteiger partial charge >= 0.3 is 0 Å². The number of rotatable bonds is 6. The van der Waals surface area contributed by atoms with E-state index in [0.717, 1.165) is 5.56 Å². The Kier molecular flexibility index (Phi) is 6.30. The van der Waals surface area contributed by atoms with Crippen LogP contribution in [-0.4, -0.2) is 24.7 Å². The SMILES string of the molecule is C[C@H]1CC[C@H](c2ccccc2)S(=O)(=O)N1Cc1ccc(C2(C(N)=O)CC(CC#N)C2)c(F)c1. The van der Waals surface area contributed by atoms with Crippen LogP contribution >= 0.6 is 0 Å². The fraction of sp³-hybridized carbons (Fsp3) is 0.440. The largest absolute Gasteiger partial charge is 0.369 e. The zero-order valence-electron chi connectivity index (χ0n) is 18.6. The molecule has 1 heterocycles. The summed E-state index contributed by atoms with van der Waals surface area (Å²) in [5.74, 6) is -1.14. The fourth-order valence-electron chi connectivity index (χ4n) is 5.33. The number of halogens is 1. The van der Waals surface area contributed by atoms with E-state index in [9.17, 15) is 13.2 Å². The molecule has 0 spiro atoms. The number of carbonyl (C=O) groups excluding carboxylic acids is 1. The van der Waals surface area contributed by atoms with Gasteiger partial charge in [-0.05, 0) is 55.7 Å². The van der Waals surface area contributed by atoms with Gasteiger partial charge in [-0.3, -0.25) is 4.79 Å². The Morgan fingerprint density at radius 2 is 1.91 bits per heavy atom. The number of primary amides is 1. The predicted molar refractivity (Wildman–Crippen MR) is 123 cm³/mol. The molecular formula is C25H28FN3O3S. The molecule has 0 radical (unpaired) electrons. The number of nitrogens with two attached hydrogens (primary N) is 1. The van der Waals surface area contributed by atoms with Crippen LogP contribution in [0.2, 0.25) is 0 Å². The highest BCUT2D eigenvalue weighted by atomic mass is 32.2. The number of carbonyl (C=O) groups is 1. The number of sulfonamides is 1. The van der Waals surface area contributed by atoms with Crippen LogP contribution in [-0.2, 0) is 26.8 Å². The quantitative estimate of drug-likeness (QED) is 0.692. The summed E-state index contributed by atoms with van der Waals surface area (Å²) >= 11 is 0. The molecule has 1 amide bonds. The number of benzene rings is 2. The predicted octanol–water partition coefficient (Wildman–Crippen LogP) is 3.93. The first-order valence-corrected chi connectivity index (χ1v) is 12.7. The molecule has 0 unspecified atom stereocenters. The topological polar surface area (TPSA) is 104 Å². The molecule has 2 atom stereocenters. The van der Waals surface area contributed by atoms with Crippen LogP contribution in [0.25, 0.3) is 0 Å². The second-order valence-electron chi connectivity index (χ2n) is 9.31. The van der Waals surface area contributed by atoms with Gasteiger partial charge in [0.25, 0.3) is 0 Å². The van der Waals surface area contributed by atoms with E-state index < -0.39 is 32.4 Å². The van der Waals surface area contributed by atoms with E-state index in [2.05, 4.69) is 6.07 Å². The van der Waals surface area contributed by atoms with Crippen molar-refractivity contribution in [2.75, 3.05) is 0 Å². The van der Waals surface area contributed by atoms with Gasteiger partial charge in [-0.1, -0.05) is 42.5 Å². The van der Waals surface area contributed by atoms with Gasteiger partial charge in [0.05, 0.1) is 11.5 Å². The van der Waals surface area contributed by atoms with E-state index in [1.807, 2.05) is 37.3 Å². The molecule has 8 heteroatoms. The summed E-state index contributed by atoms with van der Waals surface area (Å²) in [5, 5.41) is 8.27. The van der Waals surface area contributed by atoms with E-state index in [1.54, 1.807) is 12.1 Å². The lowest BCUT2D eigenvalue weighted by Crippen LogP contribution is -2.51. The molecule has 1 saturated heterocycles. The molecule has 33 heavy (non-hydrogen) atoms. The van der Waals surface area contributed by atoms with E-state index in [4.69, 9.17) is 11.0 Å². The molecule has 6 nitrogen and oxygen atoms in total. The number of hydrogen-bond donors (Lipinski definition) is 1. The minimum absolute atomic E-state index is 0.0239. The maximum atomic E-state index is 15.2. The van der Waals surface area contributed by atoms with Gasteiger partial charge in [-0.15, -0.1) is 0 Å². The van der Waals surface area contributed by atoms with Crippen molar-refractivity contribution in [2.24, 2.45) is 11.7 Å². The summed E-state index contributed by atoms with van der Waals surface area (Å²) < 4.78 is 43.5. The summed E-state index contributed by atoms with van der Waals surface area (Å²) in [6, 6.07) is 15.6. The first-order chi connectivity index (χ1) is 15.7. The Hall–Kier alpha value is -2.76. The lowest BCUT2D eigenvalue weighted by Gasteiger charge is -2.45. The molecule has 1 aliphatic heterocycles. The minimum atomic E-state index is -3.63. The van der Waals surface area contributed by atoms with Crippen LogP contribution in [0, 0.1) is 23.1 Å². The zero-order valence-corrected chi connectivity index (χ0v) is 19.4. The third kappa shape index (κ3) is 4.16. The first-order valence-electron chi connectivity index (χ1n) is 11.2. The molecule has 2 aromatic carbocycles. The number of nitrogens with zero attached hydrogens (tertiary/aromatic N) is 2. The van der Waals surface area contributed by atoms with Gasteiger partial charge in [0, 0.05) is 24.6 Å². The van der Waals surface area contributed by atoms with Crippen LogP contribution in [0.4, 0.5) is 4.39 Å². The van der Waals surface area contributed by atoms with E-state index in [1.165, 1.54) is 10.4 Å². The van der Waals surface area contributed by atoms with Crippen molar-refractivity contribution in [1.82, 2.24) is 4.31 Å². The van der Waals surface area contributed by atoms with Gasteiger partial charge in [0.1, 0.15) is 11.1 Å². The van der Waals surface area contributed by atoms with E-state index in [0.29, 0.717) is 37.7 Å². The van der Waals surface area contributed by atoms with Crippen molar-refractivity contribution in [3.8, 4) is 6.07 Å². The summed E-state index contributed by atoms with van der Waals surface area (Å²) in [6.45, 7) is 1.93. The molecule has 2 N–H and O–H groups in total. The van der Waals surface area contributed by atoms with E-state index in [-0.39, 0.29) is 24.1 Å². The standard InChI is InChI=1S/C25H28FN3O3S/c1-17-7-10-23(20-5-3-2-4-6-20)33(31,32)29(17)16-18-8-9-21(22(26)13-18)25(24(28)30)14-19(15-25)11-12-27/h2-6,8-9,13,17,19,23H,7,10-11,14-16H2,1H3,(H2,28,30)/t17-,19?,23+,25?/m0/s1. The molecule has 2 fully saturated rings. The average molecular weight is 470 g/mol. The summed E-state index contributed by atoms with van der Waals surface area (Å²) in [4.78, 5) is 12.2. The zero-order chi connectivity index (χ0) is 23.8. The van der Waals surface area contributed by atoms with Crippen LogP contribution < -0.4 is 5.73 Å². The smallest absolute Gasteiger partial charge is 0.228 e. The van der Waals surface area contributed by atoms with Gasteiger partial charge in [-0.2, -0.15) is 9.57 Å². The molecule has 0 bridgehead atoms. The molecule has 0 aromatic heterocycles. The highest BCUT2D eigenvalue weighted by molar-refractivity contribution is 7.89. The average Bonchev–Trinajstić information content (AvgIpc) is 2.74. The number of hydrogen-bond acceptors (Lipinski definition) is 4. The van der Waals surface area contributed by atoms with Crippen LogP contribution in [0.5, 0.6) is 0 Å². The lowest BCUT2D eigenvalue weighted by molar-refractivity contribution is -0.128. The Morgan fingerprint density at radius 1 is 1.21 bits per heavy atom. The van der Waals surface area contributed by atoms with Gasteiger partial charge < -0.3 is 5.73 Å². The highest BCUT2D eigenvalue weighted by Gasteiger charge is 2.51. The Labute approximate surface area is 194 Å². The van der Waals surface area contributed by atoms with Crippen molar-refractivity contribution in [1.29, 1.82) is 5.26 Å². The van der Waals surface area contributed by atoms with Crippen LogP contribution in [0.15, 0.2) is 48.5 Å². The van der Waals surface area contributed by atoms with Crippen LogP contribution in [0.3, 0.4) is 0 Å². The second-order valence-corrected chi connectivity index (χ2v) is 11.4. The van der Waals surface area contributed by atoms with Crippen molar-refractivity contribution in [2.45, 2.75) is 62.3 Å². The van der Waals surface area contributed by atoms with Crippen LogP contribution in [0.1, 0.15) is 61.0 Å². The van der Waals surface area contributed by atoms with Gasteiger partial charge in [-0.25, -0.2) is 12.8 Å². The maximum absolute atomic E-state index is 15.2. The third-order valence-electron chi connectivity index (χ3n) is 7.21. The molecule has 2 aliphatic rings. The summed E-state index contributed by atoms with van der Waals surface area (Å²) in [5.41, 5.74) is 6.03. The second kappa shape index (κ2) is 8.88. The Bertz CT molecular complexity index is 1190. The summed E-state index contributed by atoms with van der Waals surface area (Å²) in [7, 11) is -3.63. The minimum Gasteiger partial charge on any atom is -0.369 e. The first kappa shape index (κ1) is 23.4. The van der Waals surface area contributed by atoms with Crippen molar-refractivity contribution in [3.63, 3.8) is 0 Å². The maximum Gasteiger partial charge on any atom is 0.228 e. The fourth-order valence-corrected chi connectivity index (χ4v) is 7.53. The third-order valence-corrected chi connectivity index (χ3v) is 9.58. The Morgan fingerprint density at radius 3 is 2.52 bits per heavy atom. The molecule has 174 valence electrons. The molecule has 2 aromatic rings. The molecule has 4 rings (SSSR count). The molecule has 1 saturated carbocycles. The van der Waals surface area contributed by atoms with Gasteiger partial charge in [0.15, 0.2) is 0 Å². The van der Waals surface area contributed by atoms with Crippen molar-refractivity contribution in [3.05, 3.63) is 71.0 Å². The lowest BCUT2D eigenvalue weighted by atomic mass is 9.57. The molecule has 1 aliphatic carbocycles. The Balaban J connectivity index is 1.59. The normalized spacial score (nSPS) is 29.1. The monoisotopic (exact) mass is 469 g/mol. The van der Waals surface area contributed by atoms with E-state index >= 15 is 4.39 Å². The number of nitriles is 1. The van der Waals surface area contributed by atoms with Crippen molar-refractivity contribution >= 4 is 15.9 Å². The number of amides is 1. The molecular weight excluding hydrogens is 441 g/mol.